The zero-order valence-corrected chi connectivity index (χ0v) is 12.3. The molecule has 21 heavy (non-hydrogen) atoms. The van der Waals surface area contributed by atoms with E-state index in [9.17, 15) is 5.11 Å². The molecule has 0 heterocycles. The molecule has 0 aliphatic heterocycles. The third-order valence-electron chi connectivity index (χ3n) is 4.09. The zero-order chi connectivity index (χ0) is 14.7. The fourth-order valence-corrected chi connectivity index (χ4v) is 2.97. The van der Waals surface area contributed by atoms with Gasteiger partial charge in [0.2, 0.25) is 0 Å². The van der Waals surface area contributed by atoms with Crippen molar-refractivity contribution in [3.05, 3.63) is 83.4 Å². The average Bonchev–Trinajstić information content (AvgIpc) is 2.55. The van der Waals surface area contributed by atoms with Gasteiger partial charge in [-0.05, 0) is 33.9 Å². The van der Waals surface area contributed by atoms with Crippen LogP contribution in [0.15, 0.2) is 66.7 Å². The Morgan fingerprint density at radius 3 is 2.33 bits per heavy atom. The van der Waals surface area contributed by atoms with Gasteiger partial charge in [-0.3, -0.25) is 0 Å². The summed E-state index contributed by atoms with van der Waals surface area (Å²) in [6.07, 6.45) is 1.15. The van der Waals surface area contributed by atoms with Crippen molar-refractivity contribution in [3.8, 4) is 0 Å². The Kier molecular flexibility index (Phi) is 4.03. The second kappa shape index (κ2) is 6.11. The van der Waals surface area contributed by atoms with Crippen LogP contribution in [0.5, 0.6) is 0 Å². The van der Waals surface area contributed by atoms with Gasteiger partial charge in [-0.25, -0.2) is 0 Å². The van der Waals surface area contributed by atoms with Gasteiger partial charge in [0.05, 0.1) is 6.10 Å². The number of benzene rings is 3. The van der Waals surface area contributed by atoms with Crippen molar-refractivity contribution in [3.63, 3.8) is 0 Å². The van der Waals surface area contributed by atoms with Crippen molar-refractivity contribution < 1.29 is 5.11 Å². The fourth-order valence-electron chi connectivity index (χ4n) is 2.97. The summed E-state index contributed by atoms with van der Waals surface area (Å²) in [7, 11) is 0. The molecule has 0 saturated carbocycles. The van der Waals surface area contributed by atoms with Gasteiger partial charge in [0.1, 0.15) is 0 Å². The SMILES string of the molecule is CCc1ccccc1C(O)Cc1cccc2ccccc12. The van der Waals surface area contributed by atoms with Gasteiger partial charge in [-0.15, -0.1) is 0 Å². The number of aryl methyl sites for hydroxylation is 1. The summed E-state index contributed by atoms with van der Waals surface area (Å²) in [6, 6.07) is 22.8. The second-order valence-electron chi connectivity index (χ2n) is 5.41. The predicted molar refractivity (Wildman–Crippen MR) is 88.4 cm³/mol. The summed E-state index contributed by atoms with van der Waals surface area (Å²) in [5.74, 6) is 0. The molecule has 3 aromatic rings. The maximum Gasteiger partial charge on any atom is 0.0833 e. The van der Waals surface area contributed by atoms with Crippen LogP contribution in [-0.4, -0.2) is 5.11 Å². The first-order valence-electron chi connectivity index (χ1n) is 7.52. The summed E-state index contributed by atoms with van der Waals surface area (Å²) in [5, 5.41) is 13.1. The smallest absolute Gasteiger partial charge is 0.0833 e. The summed E-state index contributed by atoms with van der Waals surface area (Å²) in [6.45, 7) is 2.13. The van der Waals surface area contributed by atoms with Gasteiger partial charge in [0, 0.05) is 6.42 Å². The highest BCUT2D eigenvalue weighted by molar-refractivity contribution is 5.85. The van der Waals surface area contributed by atoms with Crippen molar-refractivity contribution in [2.75, 3.05) is 0 Å². The van der Waals surface area contributed by atoms with Crippen molar-refractivity contribution in [2.24, 2.45) is 0 Å². The number of hydrogen-bond donors (Lipinski definition) is 1. The average molecular weight is 276 g/mol. The first-order chi connectivity index (χ1) is 10.3. The minimum atomic E-state index is -0.452. The van der Waals surface area contributed by atoms with Crippen LogP contribution in [0.1, 0.15) is 29.7 Å². The lowest BCUT2D eigenvalue weighted by Gasteiger charge is -2.16. The number of hydrogen-bond acceptors (Lipinski definition) is 1. The first kappa shape index (κ1) is 13.8. The van der Waals surface area contributed by atoms with Gasteiger partial charge in [-0.2, -0.15) is 0 Å². The van der Waals surface area contributed by atoms with Crippen LogP contribution in [0.3, 0.4) is 0 Å². The van der Waals surface area contributed by atoms with Crippen molar-refractivity contribution >= 4 is 10.8 Å². The first-order valence-corrected chi connectivity index (χ1v) is 7.52. The van der Waals surface area contributed by atoms with Crippen LogP contribution < -0.4 is 0 Å². The van der Waals surface area contributed by atoms with Crippen LogP contribution in [-0.2, 0) is 12.8 Å². The maximum absolute atomic E-state index is 10.6. The molecular weight excluding hydrogens is 256 g/mol. The number of aliphatic hydroxyl groups is 1. The minimum absolute atomic E-state index is 0.452. The third-order valence-corrected chi connectivity index (χ3v) is 4.09. The third kappa shape index (κ3) is 2.84. The fraction of sp³-hybridized carbons (Fsp3) is 0.200. The molecule has 0 bridgehead atoms. The lowest BCUT2D eigenvalue weighted by Crippen LogP contribution is -2.05. The Labute approximate surface area is 125 Å². The van der Waals surface area contributed by atoms with Crippen molar-refractivity contribution in [1.82, 2.24) is 0 Å². The van der Waals surface area contributed by atoms with Gasteiger partial charge in [-0.1, -0.05) is 73.7 Å². The van der Waals surface area contributed by atoms with Gasteiger partial charge < -0.3 is 5.11 Å². The van der Waals surface area contributed by atoms with Crippen LogP contribution in [0, 0.1) is 0 Å². The summed E-state index contributed by atoms with van der Waals surface area (Å²) in [5.41, 5.74) is 3.48. The minimum Gasteiger partial charge on any atom is -0.388 e. The van der Waals surface area contributed by atoms with Gasteiger partial charge in [0.25, 0.3) is 0 Å². The van der Waals surface area contributed by atoms with E-state index in [1.54, 1.807) is 0 Å². The molecule has 1 unspecified atom stereocenters. The second-order valence-corrected chi connectivity index (χ2v) is 5.41. The molecule has 3 rings (SSSR count). The van der Waals surface area contributed by atoms with Gasteiger partial charge in [0.15, 0.2) is 0 Å². The number of rotatable bonds is 4. The van der Waals surface area contributed by atoms with Crippen LogP contribution in [0.4, 0.5) is 0 Å². The molecule has 0 saturated heterocycles. The highest BCUT2D eigenvalue weighted by Crippen LogP contribution is 2.26. The van der Waals surface area contributed by atoms with E-state index in [1.165, 1.54) is 21.9 Å². The van der Waals surface area contributed by atoms with E-state index >= 15 is 0 Å². The molecule has 0 aromatic heterocycles. The summed E-state index contributed by atoms with van der Waals surface area (Å²) >= 11 is 0. The van der Waals surface area contributed by atoms with E-state index < -0.39 is 6.10 Å². The normalized spacial score (nSPS) is 12.5. The van der Waals surface area contributed by atoms with E-state index in [0.29, 0.717) is 6.42 Å². The van der Waals surface area contributed by atoms with E-state index in [-0.39, 0.29) is 0 Å². The predicted octanol–water partition coefficient (Wildman–Crippen LogP) is 4.68. The Hall–Kier alpha value is -2.12. The molecule has 3 aromatic carbocycles. The standard InChI is InChI=1S/C20H20O/c1-2-15-8-3-6-13-19(15)20(21)14-17-11-7-10-16-9-4-5-12-18(16)17/h3-13,20-21H,2,14H2,1H3. The molecule has 1 heteroatoms. The van der Waals surface area contributed by atoms with Crippen molar-refractivity contribution in [1.29, 1.82) is 0 Å². The van der Waals surface area contributed by atoms with Crippen LogP contribution >= 0.6 is 0 Å². The number of aliphatic hydroxyl groups excluding tert-OH is 1. The Morgan fingerprint density at radius 2 is 1.48 bits per heavy atom. The molecule has 0 aliphatic rings. The lowest BCUT2D eigenvalue weighted by molar-refractivity contribution is 0.178. The Balaban J connectivity index is 1.95. The topological polar surface area (TPSA) is 20.2 Å². The molecule has 1 nitrogen and oxygen atoms in total. The maximum atomic E-state index is 10.6. The van der Waals surface area contributed by atoms with E-state index in [2.05, 4.69) is 55.5 Å². The quantitative estimate of drug-likeness (QED) is 0.733. The van der Waals surface area contributed by atoms with E-state index in [1.807, 2.05) is 18.2 Å². The van der Waals surface area contributed by atoms with Gasteiger partial charge >= 0.3 is 0 Å². The van der Waals surface area contributed by atoms with Crippen LogP contribution in [0.2, 0.25) is 0 Å². The summed E-state index contributed by atoms with van der Waals surface area (Å²) < 4.78 is 0. The molecular formula is C20H20O. The molecule has 0 spiro atoms. The molecule has 1 atom stereocenters. The van der Waals surface area contributed by atoms with Crippen molar-refractivity contribution in [2.45, 2.75) is 25.9 Å². The molecule has 0 fully saturated rings. The molecule has 0 radical (unpaired) electrons. The largest absolute Gasteiger partial charge is 0.388 e. The van der Waals surface area contributed by atoms with E-state index in [4.69, 9.17) is 0 Å². The van der Waals surface area contributed by atoms with Crippen LogP contribution in [0.25, 0.3) is 10.8 Å². The van der Waals surface area contributed by atoms with E-state index in [0.717, 1.165) is 12.0 Å². The molecule has 1 N–H and O–H groups in total. The molecule has 0 aliphatic carbocycles. The monoisotopic (exact) mass is 276 g/mol. The Bertz CT molecular complexity index is 740. The Morgan fingerprint density at radius 1 is 0.810 bits per heavy atom. The zero-order valence-electron chi connectivity index (χ0n) is 12.3. The number of fused-ring (bicyclic) bond motifs is 1. The lowest BCUT2D eigenvalue weighted by atomic mass is 9.93. The molecule has 0 amide bonds. The highest BCUT2D eigenvalue weighted by Gasteiger charge is 2.13. The molecule has 106 valence electrons. The summed E-state index contributed by atoms with van der Waals surface area (Å²) in [4.78, 5) is 0. The highest BCUT2D eigenvalue weighted by atomic mass is 16.3.